The smallest absolute Gasteiger partial charge is 0.254 e. The Bertz CT molecular complexity index is 1930. The van der Waals surface area contributed by atoms with E-state index in [-0.39, 0.29) is 28.6 Å². The summed E-state index contributed by atoms with van der Waals surface area (Å²) in [5, 5.41) is 12.1. The number of nitrogens with one attached hydrogen (secondary N) is 2. The summed E-state index contributed by atoms with van der Waals surface area (Å²) >= 11 is 19.1. The SMILES string of the molecule is C[C@@H]1C[C@@H](c2ncc(-c3ccc4c(c3Cl)CCC(=O)N4)[nH]2)n2c1nc(-c1cc(Cl)ccc1-n1cc(Cl)nn1)cc2=O. The van der Waals surface area contributed by atoms with Crippen molar-refractivity contribution in [1.29, 1.82) is 0 Å². The van der Waals surface area contributed by atoms with Crippen molar-refractivity contribution in [3.05, 3.63) is 91.6 Å². The highest BCUT2D eigenvalue weighted by Gasteiger charge is 2.34. The summed E-state index contributed by atoms with van der Waals surface area (Å²) in [7, 11) is 0. The Labute approximate surface area is 248 Å². The predicted octanol–water partition coefficient (Wildman–Crippen LogP) is 5.82. The van der Waals surface area contributed by atoms with Crippen LogP contribution in [0.5, 0.6) is 0 Å². The van der Waals surface area contributed by atoms with E-state index >= 15 is 0 Å². The number of halogens is 3. The molecule has 2 aliphatic rings. The second kappa shape index (κ2) is 9.83. The maximum Gasteiger partial charge on any atom is 0.254 e. The number of carbonyl (C=O) groups is 1. The van der Waals surface area contributed by atoms with Crippen molar-refractivity contribution in [3.8, 4) is 28.2 Å². The summed E-state index contributed by atoms with van der Waals surface area (Å²) in [4.78, 5) is 38.3. The first kappa shape index (κ1) is 25.9. The summed E-state index contributed by atoms with van der Waals surface area (Å²) in [6.45, 7) is 2.04. The maximum absolute atomic E-state index is 13.6. The molecule has 0 saturated heterocycles. The monoisotopic (exact) mass is 606 g/mol. The quantitative estimate of drug-likeness (QED) is 0.265. The van der Waals surface area contributed by atoms with Crippen LogP contribution in [0.4, 0.5) is 5.69 Å². The van der Waals surface area contributed by atoms with Crippen molar-refractivity contribution in [1.82, 2.24) is 34.5 Å². The van der Waals surface area contributed by atoms with E-state index in [1.54, 1.807) is 35.2 Å². The van der Waals surface area contributed by atoms with Gasteiger partial charge in [0, 0.05) is 40.2 Å². The number of hydrogen-bond donors (Lipinski definition) is 2. The lowest BCUT2D eigenvalue weighted by Gasteiger charge is -2.19. The summed E-state index contributed by atoms with van der Waals surface area (Å²) in [5.74, 6) is 1.27. The number of hydrogen-bond acceptors (Lipinski definition) is 6. The Kier molecular flexibility index (Phi) is 6.22. The van der Waals surface area contributed by atoms with Gasteiger partial charge in [0.05, 0.1) is 40.5 Å². The number of imidazole rings is 1. The Hall–Kier alpha value is -3.99. The zero-order valence-electron chi connectivity index (χ0n) is 21.5. The molecular weight excluding hydrogens is 587 g/mol. The van der Waals surface area contributed by atoms with Crippen molar-refractivity contribution in [2.24, 2.45) is 0 Å². The van der Waals surface area contributed by atoms with Crippen molar-refractivity contribution >= 4 is 46.4 Å². The van der Waals surface area contributed by atoms with Gasteiger partial charge < -0.3 is 10.3 Å². The number of H-pyrrole nitrogens is 1. The summed E-state index contributed by atoms with van der Waals surface area (Å²) in [5.41, 5.74) is 4.71. The Morgan fingerprint density at radius 3 is 2.68 bits per heavy atom. The van der Waals surface area contributed by atoms with Crippen LogP contribution in [0, 0.1) is 0 Å². The third-order valence-corrected chi connectivity index (χ3v) is 8.42. The number of aromatic amines is 1. The minimum absolute atomic E-state index is 0.0133. The lowest BCUT2D eigenvalue weighted by molar-refractivity contribution is -0.116. The molecule has 0 spiro atoms. The van der Waals surface area contributed by atoms with E-state index < -0.39 is 0 Å². The number of anilines is 1. The molecule has 2 atom stereocenters. The highest BCUT2D eigenvalue weighted by atomic mass is 35.5. The van der Waals surface area contributed by atoms with Crippen LogP contribution in [0.2, 0.25) is 15.2 Å². The molecule has 0 radical (unpaired) electrons. The van der Waals surface area contributed by atoms with Crippen molar-refractivity contribution < 1.29 is 4.79 Å². The van der Waals surface area contributed by atoms with Gasteiger partial charge in [-0.15, -0.1) is 5.10 Å². The standard InChI is InChI=1S/C28H21Cl3N8O2/c1-13-8-22(27-32-11-20(34-27)16-3-5-18-15(26(16)31)4-7-24(40)33-18)39-25(41)10-19(35-28(13)39)17-9-14(29)2-6-21(17)38-12-23(30)36-37-38/h2-3,5-6,9-13,22H,4,7-8H2,1H3,(H,32,34)(H,33,40)/t13-,22+/m1/s1. The lowest BCUT2D eigenvalue weighted by atomic mass is 9.99. The van der Waals surface area contributed by atoms with Gasteiger partial charge in [-0.25, -0.2) is 14.6 Å². The van der Waals surface area contributed by atoms with Crippen LogP contribution in [0.15, 0.2) is 53.6 Å². The van der Waals surface area contributed by atoms with E-state index in [2.05, 4.69) is 25.6 Å². The van der Waals surface area contributed by atoms with Crippen molar-refractivity contribution in [2.75, 3.05) is 5.32 Å². The third kappa shape index (κ3) is 4.43. The molecule has 0 aliphatic carbocycles. The molecule has 41 heavy (non-hydrogen) atoms. The van der Waals surface area contributed by atoms with Crippen LogP contribution in [-0.2, 0) is 11.2 Å². The van der Waals surface area contributed by atoms with Crippen LogP contribution < -0.4 is 10.9 Å². The Balaban J connectivity index is 1.26. The number of benzene rings is 2. The van der Waals surface area contributed by atoms with E-state index in [1.165, 1.54) is 10.7 Å². The zero-order chi connectivity index (χ0) is 28.4. The third-order valence-electron chi connectivity index (χ3n) is 7.58. The van der Waals surface area contributed by atoms with Gasteiger partial charge in [-0.1, -0.05) is 46.9 Å². The number of carbonyl (C=O) groups excluding carboxylic acids is 1. The minimum Gasteiger partial charge on any atom is -0.340 e. The molecule has 0 unspecified atom stereocenters. The van der Waals surface area contributed by atoms with E-state index in [0.29, 0.717) is 57.9 Å². The van der Waals surface area contributed by atoms with Crippen LogP contribution in [0.25, 0.3) is 28.2 Å². The van der Waals surface area contributed by atoms with Gasteiger partial charge in [0.15, 0.2) is 5.15 Å². The molecular formula is C28H21Cl3N8O2. The average Bonchev–Trinajstić information content (AvgIpc) is 3.68. The van der Waals surface area contributed by atoms with E-state index in [1.807, 2.05) is 19.1 Å². The second-order valence-electron chi connectivity index (χ2n) is 10.2. The topological polar surface area (TPSA) is 123 Å². The molecule has 10 nitrogen and oxygen atoms in total. The molecule has 5 aromatic rings. The van der Waals surface area contributed by atoms with Gasteiger partial charge in [0.1, 0.15) is 11.6 Å². The van der Waals surface area contributed by atoms with Gasteiger partial charge >= 0.3 is 0 Å². The molecule has 5 heterocycles. The minimum atomic E-state index is -0.327. The first-order chi connectivity index (χ1) is 19.8. The predicted molar refractivity (Wildman–Crippen MR) is 156 cm³/mol. The molecule has 3 aromatic heterocycles. The second-order valence-corrected chi connectivity index (χ2v) is 11.4. The molecule has 0 saturated carbocycles. The summed E-state index contributed by atoms with van der Waals surface area (Å²) in [6, 6.07) is 10.1. The number of fused-ring (bicyclic) bond motifs is 2. The van der Waals surface area contributed by atoms with Crippen molar-refractivity contribution in [3.63, 3.8) is 0 Å². The van der Waals surface area contributed by atoms with Gasteiger partial charge in [-0.3, -0.25) is 14.2 Å². The van der Waals surface area contributed by atoms with E-state index in [4.69, 9.17) is 39.8 Å². The first-order valence-corrected chi connectivity index (χ1v) is 14.1. The molecule has 0 bridgehead atoms. The summed E-state index contributed by atoms with van der Waals surface area (Å²) in [6.07, 6.45) is 4.91. The maximum atomic E-state index is 13.6. The molecule has 206 valence electrons. The van der Waals surface area contributed by atoms with Crippen molar-refractivity contribution in [2.45, 2.75) is 38.1 Å². The molecule has 1 amide bonds. The Morgan fingerprint density at radius 2 is 1.88 bits per heavy atom. The highest BCUT2D eigenvalue weighted by Crippen LogP contribution is 2.40. The van der Waals surface area contributed by atoms with Gasteiger partial charge in [0.25, 0.3) is 5.56 Å². The molecule has 2 aromatic carbocycles. The average molecular weight is 608 g/mol. The highest BCUT2D eigenvalue weighted by molar-refractivity contribution is 6.34. The normalized spacial score (nSPS) is 17.8. The molecule has 13 heteroatoms. The number of amides is 1. The van der Waals surface area contributed by atoms with E-state index in [9.17, 15) is 9.59 Å². The largest absolute Gasteiger partial charge is 0.340 e. The van der Waals surface area contributed by atoms with Crippen LogP contribution in [0.3, 0.4) is 0 Å². The Morgan fingerprint density at radius 1 is 1.02 bits per heavy atom. The number of nitrogens with zero attached hydrogens (tertiary/aromatic N) is 6. The molecule has 0 fully saturated rings. The molecule has 2 aliphatic heterocycles. The van der Waals surface area contributed by atoms with E-state index in [0.717, 1.165) is 22.5 Å². The lowest BCUT2D eigenvalue weighted by Crippen LogP contribution is -2.25. The number of rotatable bonds is 4. The first-order valence-electron chi connectivity index (χ1n) is 12.9. The molecule has 7 rings (SSSR count). The van der Waals surface area contributed by atoms with Crippen LogP contribution >= 0.6 is 34.8 Å². The fourth-order valence-corrected chi connectivity index (χ4v) is 6.31. The fraction of sp³-hybridized carbons (Fsp3) is 0.214. The van der Waals surface area contributed by atoms with Crippen LogP contribution in [0.1, 0.15) is 48.9 Å². The zero-order valence-corrected chi connectivity index (χ0v) is 23.8. The molecule has 2 N–H and O–H groups in total. The van der Waals surface area contributed by atoms with Gasteiger partial charge in [-0.2, -0.15) is 0 Å². The van der Waals surface area contributed by atoms with Crippen LogP contribution in [-0.4, -0.2) is 40.4 Å². The fourth-order valence-electron chi connectivity index (χ4n) is 5.65. The van der Waals surface area contributed by atoms with Gasteiger partial charge in [0.2, 0.25) is 5.91 Å². The summed E-state index contributed by atoms with van der Waals surface area (Å²) < 4.78 is 3.22. The number of aromatic nitrogens is 7. The van der Waals surface area contributed by atoms with Gasteiger partial charge in [-0.05, 0) is 48.7 Å².